The number of nitrogens with one attached hydrogen (secondary N) is 1. The highest BCUT2D eigenvalue weighted by molar-refractivity contribution is 6.00. The summed E-state index contributed by atoms with van der Waals surface area (Å²) in [5.41, 5.74) is 0.929. The van der Waals surface area contributed by atoms with Gasteiger partial charge >= 0.3 is 6.09 Å². The first-order valence-electron chi connectivity index (χ1n) is 9.22. The molecule has 0 aromatic heterocycles. The maximum Gasteiger partial charge on any atom is 0.412 e. The predicted octanol–water partition coefficient (Wildman–Crippen LogP) is 4.42. The maximum absolute atomic E-state index is 13.0. The van der Waals surface area contributed by atoms with Gasteiger partial charge in [0.2, 0.25) is 0 Å². The summed E-state index contributed by atoms with van der Waals surface area (Å²) >= 11 is 0. The summed E-state index contributed by atoms with van der Waals surface area (Å²) in [6.45, 7) is 9.13. The molecular weight excluding hydrogens is 356 g/mol. The second kappa shape index (κ2) is 6.95. The fourth-order valence-electron chi connectivity index (χ4n) is 3.39. The summed E-state index contributed by atoms with van der Waals surface area (Å²) in [6.07, 6.45) is -1.70. The Labute approximate surface area is 165 Å². The summed E-state index contributed by atoms with van der Waals surface area (Å²) in [5, 5.41) is 13.6. The van der Waals surface area contributed by atoms with Crippen LogP contribution in [0.15, 0.2) is 48.5 Å². The van der Waals surface area contributed by atoms with E-state index >= 15 is 0 Å². The number of hydrogen-bond acceptors (Lipinski definition) is 4. The minimum atomic E-state index is -1.11. The lowest BCUT2D eigenvalue weighted by Crippen LogP contribution is -2.44. The zero-order chi connectivity index (χ0) is 20.7. The molecule has 2 aromatic carbocycles. The molecule has 2 N–H and O–H groups in total. The van der Waals surface area contributed by atoms with Crippen molar-refractivity contribution in [2.45, 2.75) is 52.0 Å². The number of nitrogens with zero attached hydrogens (tertiary/aromatic N) is 1. The Morgan fingerprint density at radius 1 is 1.07 bits per heavy atom. The van der Waals surface area contributed by atoms with Crippen molar-refractivity contribution in [3.05, 3.63) is 65.2 Å². The van der Waals surface area contributed by atoms with Crippen LogP contribution in [-0.4, -0.2) is 27.6 Å². The molecule has 0 saturated carbocycles. The van der Waals surface area contributed by atoms with Crippen LogP contribution in [0.25, 0.3) is 0 Å². The van der Waals surface area contributed by atoms with E-state index in [1.165, 1.54) is 4.90 Å². The first kappa shape index (κ1) is 19.9. The Hall–Kier alpha value is -2.86. The standard InChI is InChI=1S/C22H26N2O4/c1-21(2,3)28-20(27)23-15-11-12-16-17(13-15)19(26)24(18(16)25)22(4,5)14-9-7-6-8-10-14/h6-13,19,26H,1-5H3,(H,23,27). The Morgan fingerprint density at radius 3 is 2.32 bits per heavy atom. The molecule has 3 rings (SSSR count). The number of carbonyl (C=O) groups excluding carboxylic acids is 2. The van der Waals surface area contributed by atoms with Gasteiger partial charge in [0.05, 0.1) is 5.54 Å². The van der Waals surface area contributed by atoms with E-state index in [4.69, 9.17) is 4.74 Å². The first-order chi connectivity index (χ1) is 13.0. The smallest absolute Gasteiger partial charge is 0.412 e. The fraction of sp³-hybridized carbons (Fsp3) is 0.364. The Morgan fingerprint density at radius 2 is 1.71 bits per heavy atom. The lowest BCUT2D eigenvalue weighted by atomic mass is 9.92. The van der Waals surface area contributed by atoms with Crippen LogP contribution in [0, 0.1) is 0 Å². The van der Waals surface area contributed by atoms with E-state index < -0.39 is 23.5 Å². The van der Waals surface area contributed by atoms with Gasteiger partial charge in [-0.2, -0.15) is 0 Å². The summed E-state index contributed by atoms with van der Waals surface area (Å²) in [7, 11) is 0. The predicted molar refractivity (Wildman–Crippen MR) is 107 cm³/mol. The molecule has 0 aliphatic carbocycles. The van der Waals surface area contributed by atoms with E-state index in [9.17, 15) is 14.7 Å². The number of aliphatic hydroxyl groups is 1. The molecule has 2 aromatic rings. The van der Waals surface area contributed by atoms with Gasteiger partial charge in [0.1, 0.15) is 5.60 Å². The van der Waals surface area contributed by atoms with Gasteiger partial charge in [-0.05, 0) is 58.4 Å². The van der Waals surface area contributed by atoms with Crippen LogP contribution in [0.2, 0.25) is 0 Å². The molecule has 1 unspecified atom stereocenters. The average molecular weight is 382 g/mol. The number of hydrogen-bond donors (Lipinski definition) is 2. The van der Waals surface area contributed by atoms with Crippen molar-refractivity contribution < 1.29 is 19.4 Å². The summed E-state index contributed by atoms with van der Waals surface area (Å²) in [6, 6.07) is 14.4. The van der Waals surface area contributed by atoms with Crippen LogP contribution in [0.3, 0.4) is 0 Å². The van der Waals surface area contributed by atoms with E-state index in [1.54, 1.807) is 39.0 Å². The summed E-state index contributed by atoms with van der Waals surface area (Å²) < 4.78 is 5.25. The number of fused-ring (bicyclic) bond motifs is 1. The van der Waals surface area contributed by atoms with Crippen molar-refractivity contribution in [2.24, 2.45) is 0 Å². The van der Waals surface area contributed by atoms with Gasteiger partial charge in [0, 0.05) is 16.8 Å². The van der Waals surface area contributed by atoms with Gasteiger partial charge < -0.3 is 9.84 Å². The van der Waals surface area contributed by atoms with Crippen LogP contribution in [-0.2, 0) is 10.3 Å². The largest absolute Gasteiger partial charge is 0.444 e. The first-order valence-corrected chi connectivity index (χ1v) is 9.22. The molecule has 1 heterocycles. The van der Waals surface area contributed by atoms with E-state index in [0.29, 0.717) is 16.8 Å². The number of aliphatic hydroxyl groups excluding tert-OH is 1. The number of amides is 2. The highest BCUT2D eigenvalue weighted by Gasteiger charge is 2.44. The zero-order valence-electron chi connectivity index (χ0n) is 16.8. The van der Waals surface area contributed by atoms with Crippen LogP contribution < -0.4 is 5.32 Å². The Kier molecular flexibility index (Phi) is 4.93. The molecule has 148 valence electrons. The normalized spacial score (nSPS) is 16.7. The molecule has 1 aliphatic rings. The topological polar surface area (TPSA) is 78.9 Å². The monoisotopic (exact) mass is 382 g/mol. The molecule has 1 aliphatic heterocycles. The minimum Gasteiger partial charge on any atom is -0.444 e. The van der Waals surface area contributed by atoms with Crippen LogP contribution in [0.5, 0.6) is 0 Å². The van der Waals surface area contributed by atoms with Gasteiger partial charge in [-0.1, -0.05) is 30.3 Å². The number of rotatable bonds is 3. The van der Waals surface area contributed by atoms with E-state index in [2.05, 4.69) is 5.32 Å². The second-order valence-electron chi connectivity index (χ2n) is 8.40. The van der Waals surface area contributed by atoms with Crippen molar-refractivity contribution in [1.29, 1.82) is 0 Å². The number of carbonyl (C=O) groups is 2. The van der Waals surface area contributed by atoms with Gasteiger partial charge in [-0.15, -0.1) is 0 Å². The van der Waals surface area contributed by atoms with Gasteiger partial charge in [0.25, 0.3) is 5.91 Å². The van der Waals surface area contributed by atoms with Gasteiger partial charge in [-0.3, -0.25) is 15.0 Å². The SMILES string of the molecule is CC(C)(C)OC(=O)Nc1ccc2c(c1)C(O)N(C(C)(C)c1ccccc1)C2=O. The Balaban J connectivity index is 1.88. The van der Waals surface area contributed by atoms with Crippen LogP contribution in [0.4, 0.5) is 10.5 Å². The lowest BCUT2D eigenvalue weighted by molar-refractivity contribution is -0.0305. The number of ether oxygens (including phenoxy) is 1. The molecule has 6 heteroatoms. The second-order valence-corrected chi connectivity index (χ2v) is 8.40. The fourth-order valence-corrected chi connectivity index (χ4v) is 3.39. The van der Waals surface area contributed by atoms with Crippen molar-refractivity contribution in [3.63, 3.8) is 0 Å². The zero-order valence-corrected chi connectivity index (χ0v) is 16.8. The number of benzene rings is 2. The summed E-state index contributed by atoms with van der Waals surface area (Å²) in [5.74, 6) is -0.250. The van der Waals surface area contributed by atoms with Crippen molar-refractivity contribution >= 4 is 17.7 Å². The molecular formula is C22H26N2O4. The third kappa shape index (κ3) is 3.73. The van der Waals surface area contributed by atoms with Crippen LogP contribution >= 0.6 is 0 Å². The number of anilines is 1. The van der Waals surface area contributed by atoms with Gasteiger partial charge in [-0.25, -0.2) is 4.79 Å². The van der Waals surface area contributed by atoms with Crippen molar-refractivity contribution in [2.75, 3.05) is 5.32 Å². The molecule has 0 bridgehead atoms. The molecule has 0 spiro atoms. The van der Waals surface area contributed by atoms with E-state index in [-0.39, 0.29) is 5.91 Å². The summed E-state index contributed by atoms with van der Waals surface area (Å²) in [4.78, 5) is 26.5. The van der Waals surface area contributed by atoms with E-state index in [1.807, 2.05) is 44.2 Å². The van der Waals surface area contributed by atoms with Crippen molar-refractivity contribution in [1.82, 2.24) is 4.90 Å². The quantitative estimate of drug-likeness (QED) is 0.824. The third-order valence-corrected chi connectivity index (χ3v) is 4.75. The molecule has 1 atom stereocenters. The molecule has 0 fully saturated rings. The Bertz CT molecular complexity index is 900. The van der Waals surface area contributed by atoms with Crippen LogP contribution in [0.1, 0.15) is 62.3 Å². The molecule has 28 heavy (non-hydrogen) atoms. The van der Waals surface area contributed by atoms with Gasteiger partial charge in [0.15, 0.2) is 6.23 Å². The lowest BCUT2D eigenvalue weighted by Gasteiger charge is -2.38. The molecule has 2 amide bonds. The van der Waals surface area contributed by atoms with E-state index in [0.717, 1.165) is 5.56 Å². The average Bonchev–Trinajstić information content (AvgIpc) is 2.85. The molecule has 0 radical (unpaired) electrons. The highest BCUT2D eigenvalue weighted by Crippen LogP contribution is 2.42. The minimum absolute atomic E-state index is 0.250. The maximum atomic E-state index is 13.0. The third-order valence-electron chi connectivity index (χ3n) is 4.75. The molecule has 6 nitrogen and oxygen atoms in total. The highest BCUT2D eigenvalue weighted by atomic mass is 16.6. The van der Waals surface area contributed by atoms with Crippen molar-refractivity contribution in [3.8, 4) is 0 Å². The molecule has 0 saturated heterocycles.